The van der Waals surface area contributed by atoms with E-state index in [1.54, 1.807) is 38.2 Å². The molecule has 2 atom stereocenters. The molecule has 0 bridgehead atoms. The van der Waals surface area contributed by atoms with E-state index in [0.717, 1.165) is 16.8 Å². The number of aryl methyl sites for hydroxylation is 1. The maximum Gasteiger partial charge on any atom is 0.323 e. The first kappa shape index (κ1) is 30.3. The predicted octanol–water partition coefficient (Wildman–Crippen LogP) is 4.37. The smallest absolute Gasteiger partial charge is 0.323 e. The van der Waals surface area contributed by atoms with Crippen LogP contribution in [0.15, 0.2) is 48.5 Å². The monoisotopic (exact) mass is 524 g/mol. The van der Waals surface area contributed by atoms with Gasteiger partial charge in [0.25, 0.3) is 0 Å². The number of carbonyl (C=O) groups excluding carboxylic acids is 4. The van der Waals surface area contributed by atoms with Crippen LogP contribution in [0, 0.1) is 18.8 Å². The molecule has 0 spiro atoms. The number of para-hydroxylation sites is 1. The fourth-order valence-electron chi connectivity index (χ4n) is 3.91. The van der Waals surface area contributed by atoms with E-state index in [4.69, 9.17) is 4.74 Å². The molecule has 3 N–H and O–H groups in total. The van der Waals surface area contributed by atoms with E-state index in [9.17, 15) is 19.2 Å². The van der Waals surface area contributed by atoms with Gasteiger partial charge < -0.3 is 25.6 Å². The second-order valence-corrected chi connectivity index (χ2v) is 9.92. The average molecular weight is 525 g/mol. The highest BCUT2D eigenvalue weighted by Crippen LogP contribution is 2.17. The number of nitrogens with zero attached hydrogens (tertiary/aromatic N) is 1. The number of urea groups is 1. The quantitative estimate of drug-likeness (QED) is 0.357. The number of amides is 4. The van der Waals surface area contributed by atoms with Gasteiger partial charge in [0, 0.05) is 25.0 Å². The normalized spacial score (nSPS) is 12.3. The Morgan fingerprint density at radius 1 is 0.947 bits per heavy atom. The maximum absolute atomic E-state index is 13.1. The summed E-state index contributed by atoms with van der Waals surface area (Å²) in [5.74, 6) is -0.878. The number of esters is 1. The minimum atomic E-state index is -0.623. The van der Waals surface area contributed by atoms with Gasteiger partial charge >= 0.3 is 12.0 Å². The highest BCUT2D eigenvalue weighted by molar-refractivity contribution is 6.00. The van der Waals surface area contributed by atoms with Crippen LogP contribution in [-0.2, 0) is 25.5 Å². The van der Waals surface area contributed by atoms with E-state index in [2.05, 4.69) is 16.0 Å². The van der Waals surface area contributed by atoms with Crippen LogP contribution in [0.1, 0.15) is 44.7 Å². The van der Waals surface area contributed by atoms with Crippen molar-refractivity contribution in [3.8, 4) is 0 Å². The Labute approximate surface area is 225 Å². The zero-order valence-electron chi connectivity index (χ0n) is 23.2. The number of carbonyl (C=O) groups is 4. The van der Waals surface area contributed by atoms with E-state index in [1.807, 2.05) is 45.0 Å². The molecule has 9 nitrogen and oxygen atoms in total. The van der Waals surface area contributed by atoms with Crippen molar-refractivity contribution < 1.29 is 23.9 Å². The molecule has 0 fully saturated rings. The van der Waals surface area contributed by atoms with E-state index in [1.165, 1.54) is 12.0 Å². The van der Waals surface area contributed by atoms with Crippen LogP contribution in [0.5, 0.6) is 0 Å². The minimum absolute atomic E-state index is 0.118. The van der Waals surface area contributed by atoms with Crippen molar-refractivity contribution >= 4 is 35.2 Å². The largest absolute Gasteiger partial charge is 0.469 e. The third kappa shape index (κ3) is 9.53. The van der Waals surface area contributed by atoms with Crippen molar-refractivity contribution in [3.05, 3.63) is 59.7 Å². The molecule has 2 aromatic carbocycles. The van der Waals surface area contributed by atoms with Gasteiger partial charge in [0.1, 0.15) is 6.04 Å². The number of benzene rings is 2. The molecular formula is C29H40N4O5. The van der Waals surface area contributed by atoms with Gasteiger partial charge in [-0.2, -0.15) is 0 Å². The van der Waals surface area contributed by atoms with Crippen LogP contribution < -0.4 is 16.0 Å². The Morgan fingerprint density at radius 3 is 2.21 bits per heavy atom. The van der Waals surface area contributed by atoms with E-state index < -0.39 is 6.04 Å². The molecule has 0 unspecified atom stereocenters. The highest BCUT2D eigenvalue weighted by atomic mass is 16.5. The second kappa shape index (κ2) is 14.8. The molecule has 2 rings (SSSR count). The Balaban J connectivity index is 1.94. The number of rotatable bonds is 12. The number of methoxy groups -OCH3 is 1. The lowest BCUT2D eigenvalue weighted by atomic mass is 10.0. The number of hydrogen-bond acceptors (Lipinski definition) is 5. The second-order valence-electron chi connectivity index (χ2n) is 9.92. The molecule has 0 aromatic heterocycles. The van der Waals surface area contributed by atoms with Crippen molar-refractivity contribution in [1.29, 1.82) is 0 Å². The zero-order valence-corrected chi connectivity index (χ0v) is 23.2. The van der Waals surface area contributed by atoms with Gasteiger partial charge in [0.05, 0.1) is 19.4 Å². The molecular weight excluding hydrogens is 484 g/mol. The first-order valence-corrected chi connectivity index (χ1v) is 12.9. The molecule has 4 amide bonds. The summed E-state index contributed by atoms with van der Waals surface area (Å²) in [6, 6.07) is 13.6. The van der Waals surface area contributed by atoms with Crippen LogP contribution in [0.4, 0.5) is 16.2 Å². The number of nitrogens with one attached hydrogen (secondary N) is 3. The van der Waals surface area contributed by atoms with Gasteiger partial charge in [-0.3, -0.25) is 14.4 Å². The van der Waals surface area contributed by atoms with Gasteiger partial charge in [0.15, 0.2) is 0 Å². The molecule has 0 radical (unpaired) electrons. The number of hydrogen-bond donors (Lipinski definition) is 3. The highest BCUT2D eigenvalue weighted by Gasteiger charge is 2.28. The van der Waals surface area contributed by atoms with Gasteiger partial charge in [0.2, 0.25) is 11.8 Å². The summed E-state index contributed by atoms with van der Waals surface area (Å²) in [5, 5.41) is 8.46. The summed E-state index contributed by atoms with van der Waals surface area (Å²) in [4.78, 5) is 51.4. The van der Waals surface area contributed by atoms with Crippen molar-refractivity contribution in [3.63, 3.8) is 0 Å². The number of likely N-dealkylation sites (N-methyl/N-ethyl adjacent to an activating group) is 1. The lowest BCUT2D eigenvalue weighted by Gasteiger charge is -2.29. The van der Waals surface area contributed by atoms with Crippen molar-refractivity contribution in [2.45, 2.75) is 53.0 Å². The standard InChI is InChI=1S/C29H40N4O5/c1-19(2)17-25(27(35)30-16-15-21(4)28(36)38-6)33(5)26(34)18-22-11-13-23(14-12-22)31-29(37)32-24-10-8-7-9-20(24)3/h7-14,19,21,25H,15-18H2,1-6H3,(H,30,35)(H2,31,32,37)/t21-,25-/m0/s1. The summed E-state index contributed by atoms with van der Waals surface area (Å²) < 4.78 is 4.72. The fraction of sp³-hybridized carbons (Fsp3) is 0.448. The van der Waals surface area contributed by atoms with Crippen LogP contribution in [0.25, 0.3) is 0 Å². The molecule has 38 heavy (non-hydrogen) atoms. The lowest BCUT2D eigenvalue weighted by Crippen LogP contribution is -2.49. The van der Waals surface area contributed by atoms with Crippen LogP contribution >= 0.6 is 0 Å². The van der Waals surface area contributed by atoms with Gasteiger partial charge in [-0.15, -0.1) is 0 Å². The number of ether oxygens (including phenoxy) is 1. The van der Waals surface area contributed by atoms with Crippen molar-refractivity contribution in [2.24, 2.45) is 11.8 Å². The van der Waals surface area contributed by atoms with Crippen LogP contribution in [0.3, 0.4) is 0 Å². The molecule has 0 saturated heterocycles. The average Bonchev–Trinajstić information content (AvgIpc) is 2.88. The van der Waals surface area contributed by atoms with Crippen molar-refractivity contribution in [2.75, 3.05) is 31.3 Å². The zero-order chi connectivity index (χ0) is 28.2. The first-order valence-electron chi connectivity index (χ1n) is 12.9. The third-order valence-electron chi connectivity index (χ3n) is 6.30. The van der Waals surface area contributed by atoms with E-state index in [-0.39, 0.29) is 42.1 Å². The summed E-state index contributed by atoms with van der Waals surface area (Å²) in [6.07, 6.45) is 1.08. The third-order valence-corrected chi connectivity index (χ3v) is 6.30. The molecule has 0 aliphatic heterocycles. The minimum Gasteiger partial charge on any atom is -0.469 e. The first-order chi connectivity index (χ1) is 18.0. The lowest BCUT2D eigenvalue weighted by molar-refractivity contribution is -0.145. The molecule has 0 aliphatic rings. The Hall–Kier alpha value is -3.88. The van der Waals surface area contributed by atoms with Gasteiger partial charge in [-0.25, -0.2) is 4.79 Å². The predicted molar refractivity (Wildman–Crippen MR) is 149 cm³/mol. The summed E-state index contributed by atoms with van der Waals surface area (Å²) >= 11 is 0. The fourth-order valence-corrected chi connectivity index (χ4v) is 3.91. The van der Waals surface area contributed by atoms with Crippen LogP contribution in [-0.4, -0.2) is 55.5 Å². The Kier molecular flexibility index (Phi) is 11.8. The summed E-state index contributed by atoms with van der Waals surface area (Å²) in [6.45, 7) is 7.98. The van der Waals surface area contributed by atoms with E-state index >= 15 is 0 Å². The van der Waals surface area contributed by atoms with Crippen molar-refractivity contribution in [1.82, 2.24) is 10.2 Å². The number of anilines is 2. The molecule has 206 valence electrons. The summed E-state index contributed by atoms with van der Waals surface area (Å²) in [5.41, 5.74) is 3.05. The van der Waals surface area contributed by atoms with E-state index in [0.29, 0.717) is 25.1 Å². The van der Waals surface area contributed by atoms with Gasteiger partial charge in [-0.1, -0.05) is 51.1 Å². The topological polar surface area (TPSA) is 117 Å². The molecule has 9 heteroatoms. The molecule has 0 aliphatic carbocycles. The maximum atomic E-state index is 13.1. The summed E-state index contributed by atoms with van der Waals surface area (Å²) in [7, 11) is 2.97. The molecule has 0 saturated carbocycles. The molecule has 0 heterocycles. The SMILES string of the molecule is COC(=O)[C@@H](C)CCNC(=O)[C@H](CC(C)C)N(C)C(=O)Cc1ccc(NC(=O)Nc2ccccc2C)cc1. The Bertz CT molecular complexity index is 1100. The molecule has 2 aromatic rings. The van der Waals surface area contributed by atoms with Gasteiger partial charge in [-0.05, 0) is 55.0 Å². The van der Waals surface area contributed by atoms with Crippen LogP contribution in [0.2, 0.25) is 0 Å². The Morgan fingerprint density at radius 2 is 1.61 bits per heavy atom.